The lowest BCUT2D eigenvalue weighted by atomic mass is 9.96. The van der Waals surface area contributed by atoms with Crippen molar-refractivity contribution in [2.24, 2.45) is 11.7 Å². The molecule has 0 aliphatic carbocycles. The van der Waals surface area contributed by atoms with Crippen molar-refractivity contribution in [3.63, 3.8) is 0 Å². The monoisotopic (exact) mass is 273 g/mol. The number of benzene rings is 2. The summed E-state index contributed by atoms with van der Waals surface area (Å²) in [4.78, 5) is 0. The molecule has 0 bridgehead atoms. The van der Waals surface area contributed by atoms with E-state index >= 15 is 0 Å². The molecule has 1 unspecified atom stereocenters. The number of ether oxygens (including phenoxy) is 1. The molecule has 0 aliphatic rings. The molecule has 0 saturated carbocycles. The molecule has 3 heteroatoms. The summed E-state index contributed by atoms with van der Waals surface area (Å²) in [5, 5.41) is 0. The highest BCUT2D eigenvalue weighted by Crippen LogP contribution is 2.16. The highest BCUT2D eigenvalue weighted by molar-refractivity contribution is 5.21. The van der Waals surface area contributed by atoms with E-state index in [-0.39, 0.29) is 11.7 Å². The Morgan fingerprint density at radius 1 is 1.00 bits per heavy atom. The van der Waals surface area contributed by atoms with Crippen LogP contribution >= 0.6 is 0 Å². The van der Waals surface area contributed by atoms with E-state index in [4.69, 9.17) is 10.5 Å². The third kappa shape index (κ3) is 4.35. The second kappa shape index (κ2) is 7.65. The van der Waals surface area contributed by atoms with Gasteiger partial charge < -0.3 is 10.5 Å². The second-order valence-electron chi connectivity index (χ2n) is 4.85. The predicted molar refractivity (Wildman–Crippen MR) is 79.2 cm³/mol. The van der Waals surface area contributed by atoms with Gasteiger partial charge in [-0.1, -0.05) is 36.4 Å². The van der Waals surface area contributed by atoms with Crippen LogP contribution in [0.5, 0.6) is 5.75 Å². The first kappa shape index (κ1) is 14.5. The highest BCUT2D eigenvalue weighted by Gasteiger charge is 2.11. The number of hydrogen-bond acceptors (Lipinski definition) is 2. The van der Waals surface area contributed by atoms with Crippen molar-refractivity contribution < 1.29 is 9.13 Å². The van der Waals surface area contributed by atoms with Gasteiger partial charge >= 0.3 is 0 Å². The fourth-order valence-electron chi connectivity index (χ4n) is 2.14. The maximum absolute atomic E-state index is 13.6. The Hall–Kier alpha value is -1.87. The topological polar surface area (TPSA) is 35.2 Å². The van der Waals surface area contributed by atoms with E-state index in [1.807, 2.05) is 42.5 Å². The quantitative estimate of drug-likeness (QED) is 0.839. The van der Waals surface area contributed by atoms with Crippen molar-refractivity contribution >= 4 is 0 Å². The molecule has 106 valence electrons. The van der Waals surface area contributed by atoms with Gasteiger partial charge in [-0.15, -0.1) is 0 Å². The second-order valence-corrected chi connectivity index (χ2v) is 4.85. The highest BCUT2D eigenvalue weighted by atomic mass is 19.1. The van der Waals surface area contributed by atoms with Gasteiger partial charge in [0.1, 0.15) is 11.6 Å². The maximum Gasteiger partial charge on any atom is 0.126 e. The summed E-state index contributed by atoms with van der Waals surface area (Å²) in [7, 11) is 0. The van der Waals surface area contributed by atoms with Gasteiger partial charge in [-0.05, 0) is 49.1 Å². The number of nitrogens with two attached hydrogens (primary N) is 1. The summed E-state index contributed by atoms with van der Waals surface area (Å²) >= 11 is 0. The number of para-hydroxylation sites is 1. The van der Waals surface area contributed by atoms with Crippen LogP contribution in [0.1, 0.15) is 12.0 Å². The lowest BCUT2D eigenvalue weighted by molar-refractivity contribution is 0.278. The molecule has 0 fully saturated rings. The Balaban J connectivity index is 1.82. The molecule has 0 aliphatic heterocycles. The zero-order valence-corrected chi connectivity index (χ0v) is 11.5. The van der Waals surface area contributed by atoms with Gasteiger partial charge in [-0.3, -0.25) is 0 Å². The molecule has 0 spiro atoms. The molecule has 0 heterocycles. The summed E-state index contributed by atoms with van der Waals surface area (Å²) in [6.07, 6.45) is 1.47. The lowest BCUT2D eigenvalue weighted by Crippen LogP contribution is -2.20. The van der Waals surface area contributed by atoms with Crippen LogP contribution in [-0.4, -0.2) is 13.2 Å². The van der Waals surface area contributed by atoms with E-state index in [1.165, 1.54) is 6.07 Å². The first-order valence-corrected chi connectivity index (χ1v) is 6.91. The zero-order valence-electron chi connectivity index (χ0n) is 11.5. The summed E-state index contributed by atoms with van der Waals surface area (Å²) in [5.74, 6) is 0.930. The van der Waals surface area contributed by atoms with Gasteiger partial charge in [0.15, 0.2) is 0 Å². The number of hydrogen-bond donors (Lipinski definition) is 1. The summed E-state index contributed by atoms with van der Waals surface area (Å²) in [6.45, 7) is 1.13. The van der Waals surface area contributed by atoms with Crippen molar-refractivity contribution in [3.05, 3.63) is 66.0 Å². The first-order valence-electron chi connectivity index (χ1n) is 6.91. The summed E-state index contributed by atoms with van der Waals surface area (Å²) in [5.41, 5.74) is 6.50. The fourth-order valence-corrected chi connectivity index (χ4v) is 2.14. The fraction of sp³-hybridized carbons (Fsp3) is 0.294. The minimum atomic E-state index is -0.157. The van der Waals surface area contributed by atoms with E-state index in [2.05, 4.69) is 0 Å². The van der Waals surface area contributed by atoms with Crippen LogP contribution in [0.2, 0.25) is 0 Å². The Morgan fingerprint density at radius 3 is 2.40 bits per heavy atom. The zero-order chi connectivity index (χ0) is 14.2. The molecule has 0 aromatic heterocycles. The minimum absolute atomic E-state index is 0.157. The van der Waals surface area contributed by atoms with Crippen LogP contribution < -0.4 is 10.5 Å². The van der Waals surface area contributed by atoms with Crippen LogP contribution in [0.4, 0.5) is 4.39 Å². The molecule has 2 aromatic rings. The van der Waals surface area contributed by atoms with Crippen molar-refractivity contribution in [3.8, 4) is 5.75 Å². The molecule has 2 rings (SSSR count). The Morgan fingerprint density at radius 2 is 1.70 bits per heavy atom. The van der Waals surface area contributed by atoms with Crippen molar-refractivity contribution in [1.82, 2.24) is 0 Å². The van der Waals surface area contributed by atoms with Crippen LogP contribution in [-0.2, 0) is 6.42 Å². The van der Waals surface area contributed by atoms with Gasteiger partial charge in [-0.25, -0.2) is 4.39 Å². The Bertz CT molecular complexity index is 515. The maximum atomic E-state index is 13.6. The van der Waals surface area contributed by atoms with Crippen LogP contribution in [0.25, 0.3) is 0 Å². The standard InChI is InChI=1S/C17H20FNO/c18-17-9-5-4-6-15(17)12-14(13-19)10-11-20-16-7-2-1-3-8-16/h1-9,14H,10-13,19H2. The SMILES string of the molecule is NCC(CCOc1ccccc1)Cc1ccccc1F. The molecule has 0 saturated heterocycles. The average molecular weight is 273 g/mol. The van der Waals surface area contributed by atoms with Crippen LogP contribution in [0, 0.1) is 11.7 Å². The molecule has 0 radical (unpaired) electrons. The van der Waals surface area contributed by atoms with Crippen LogP contribution in [0.15, 0.2) is 54.6 Å². The van der Waals surface area contributed by atoms with Gasteiger partial charge in [0.25, 0.3) is 0 Å². The van der Waals surface area contributed by atoms with Crippen LogP contribution in [0.3, 0.4) is 0 Å². The van der Waals surface area contributed by atoms with Crippen molar-refractivity contribution in [2.75, 3.05) is 13.2 Å². The van der Waals surface area contributed by atoms with E-state index in [1.54, 1.807) is 6.07 Å². The lowest BCUT2D eigenvalue weighted by Gasteiger charge is -2.15. The average Bonchev–Trinajstić information content (AvgIpc) is 2.49. The summed E-state index contributed by atoms with van der Waals surface area (Å²) in [6, 6.07) is 16.5. The largest absolute Gasteiger partial charge is 0.494 e. The van der Waals surface area contributed by atoms with E-state index in [0.717, 1.165) is 17.7 Å². The van der Waals surface area contributed by atoms with Crippen molar-refractivity contribution in [2.45, 2.75) is 12.8 Å². The van der Waals surface area contributed by atoms with E-state index < -0.39 is 0 Å². The van der Waals surface area contributed by atoms with Crippen molar-refractivity contribution in [1.29, 1.82) is 0 Å². The van der Waals surface area contributed by atoms with Gasteiger partial charge in [0.05, 0.1) is 6.61 Å². The van der Waals surface area contributed by atoms with Gasteiger partial charge in [0, 0.05) is 0 Å². The Kier molecular flexibility index (Phi) is 5.56. The summed E-state index contributed by atoms with van der Waals surface area (Å²) < 4.78 is 19.3. The van der Waals surface area contributed by atoms with E-state index in [0.29, 0.717) is 19.6 Å². The number of halogens is 1. The molecular formula is C17H20FNO. The predicted octanol–water partition coefficient (Wildman–Crippen LogP) is 3.41. The molecule has 2 aromatic carbocycles. The molecular weight excluding hydrogens is 253 g/mol. The number of rotatable bonds is 7. The third-order valence-electron chi connectivity index (χ3n) is 3.34. The third-order valence-corrected chi connectivity index (χ3v) is 3.34. The molecule has 20 heavy (non-hydrogen) atoms. The molecule has 2 N–H and O–H groups in total. The van der Waals surface area contributed by atoms with Gasteiger partial charge in [0.2, 0.25) is 0 Å². The molecule has 0 amide bonds. The smallest absolute Gasteiger partial charge is 0.126 e. The first-order chi connectivity index (χ1) is 9.79. The Labute approximate surface area is 119 Å². The molecule has 2 nitrogen and oxygen atoms in total. The van der Waals surface area contributed by atoms with Gasteiger partial charge in [-0.2, -0.15) is 0 Å². The normalized spacial score (nSPS) is 12.1. The van der Waals surface area contributed by atoms with E-state index in [9.17, 15) is 4.39 Å². The minimum Gasteiger partial charge on any atom is -0.494 e. The molecule has 1 atom stereocenters.